The normalized spacial score (nSPS) is 10.5. The number of hydrogen-bond donors (Lipinski definition) is 0. The molecule has 100 valence electrons. The SMILES string of the molecule is COc1cc2cc-2c1.Clc1nc(-c2ccccc2)cs1. The van der Waals surface area contributed by atoms with Crippen LogP contribution in [0.5, 0.6) is 5.75 Å². The van der Waals surface area contributed by atoms with E-state index in [0.29, 0.717) is 4.47 Å². The number of nitrogens with zero attached hydrogens (tertiary/aromatic N) is 1. The average Bonchev–Trinajstić information content (AvgIpc) is 2.90. The molecule has 4 rings (SSSR count). The van der Waals surface area contributed by atoms with Gasteiger partial charge in [-0.15, -0.1) is 11.3 Å². The van der Waals surface area contributed by atoms with E-state index in [-0.39, 0.29) is 0 Å². The highest BCUT2D eigenvalue weighted by atomic mass is 35.5. The van der Waals surface area contributed by atoms with Crippen molar-refractivity contribution in [1.29, 1.82) is 0 Å². The molecule has 20 heavy (non-hydrogen) atoms. The fourth-order valence-electron chi connectivity index (χ4n) is 1.84. The summed E-state index contributed by atoms with van der Waals surface area (Å²) in [6.07, 6.45) is 0. The molecule has 1 heterocycles. The maximum absolute atomic E-state index is 5.72. The van der Waals surface area contributed by atoms with Gasteiger partial charge in [-0.25, -0.2) is 4.98 Å². The van der Waals surface area contributed by atoms with E-state index in [4.69, 9.17) is 16.3 Å². The Morgan fingerprint density at radius 2 is 1.70 bits per heavy atom. The molecule has 2 aliphatic rings. The first kappa shape index (κ1) is 13.2. The summed E-state index contributed by atoms with van der Waals surface area (Å²) in [4.78, 5) is 4.16. The van der Waals surface area contributed by atoms with Gasteiger partial charge in [0.25, 0.3) is 0 Å². The van der Waals surface area contributed by atoms with Crippen molar-refractivity contribution >= 4 is 22.9 Å². The third-order valence-corrected chi connectivity index (χ3v) is 3.92. The summed E-state index contributed by atoms with van der Waals surface area (Å²) in [6.45, 7) is 0. The molecule has 1 aromatic heterocycles. The monoisotopic (exact) mass is 301 g/mol. The van der Waals surface area contributed by atoms with Crippen LogP contribution in [0.15, 0.2) is 53.9 Å². The number of hydrogen-bond acceptors (Lipinski definition) is 3. The number of fused-ring (bicyclic) bond motifs is 1. The van der Waals surface area contributed by atoms with Gasteiger partial charge in [-0.1, -0.05) is 41.9 Å². The van der Waals surface area contributed by atoms with E-state index in [2.05, 4.69) is 11.1 Å². The third kappa shape index (κ3) is 3.00. The van der Waals surface area contributed by atoms with Gasteiger partial charge in [0.1, 0.15) is 5.75 Å². The molecule has 0 N–H and O–H groups in total. The van der Waals surface area contributed by atoms with Crippen LogP contribution < -0.4 is 4.74 Å². The summed E-state index contributed by atoms with van der Waals surface area (Å²) in [5.41, 5.74) is 4.73. The molecule has 2 aliphatic carbocycles. The van der Waals surface area contributed by atoms with E-state index < -0.39 is 0 Å². The molecule has 0 saturated heterocycles. The van der Waals surface area contributed by atoms with E-state index in [1.54, 1.807) is 7.11 Å². The number of halogens is 1. The van der Waals surface area contributed by atoms with E-state index in [9.17, 15) is 0 Å². The van der Waals surface area contributed by atoms with Crippen molar-refractivity contribution < 1.29 is 4.74 Å². The molecule has 0 atom stereocenters. The predicted octanol–water partition coefficient (Wildman–Crippen LogP) is 5.14. The van der Waals surface area contributed by atoms with Crippen LogP contribution in [0.2, 0.25) is 4.47 Å². The Labute approximate surface area is 126 Å². The van der Waals surface area contributed by atoms with E-state index in [1.165, 1.54) is 22.5 Å². The summed E-state index contributed by atoms with van der Waals surface area (Å²) >= 11 is 7.17. The van der Waals surface area contributed by atoms with Gasteiger partial charge in [0.15, 0.2) is 4.47 Å². The van der Waals surface area contributed by atoms with Crippen molar-refractivity contribution in [3.63, 3.8) is 0 Å². The van der Waals surface area contributed by atoms with Crippen molar-refractivity contribution in [3.05, 3.63) is 58.4 Å². The van der Waals surface area contributed by atoms with Crippen LogP contribution in [0.25, 0.3) is 22.4 Å². The minimum absolute atomic E-state index is 0.592. The fraction of sp³-hybridized carbons (Fsp3) is 0.0625. The summed E-state index contributed by atoms with van der Waals surface area (Å²) < 4.78 is 5.55. The Morgan fingerprint density at radius 1 is 1.00 bits per heavy atom. The van der Waals surface area contributed by atoms with Crippen LogP contribution in [-0.2, 0) is 0 Å². The van der Waals surface area contributed by atoms with Crippen molar-refractivity contribution in [2.75, 3.05) is 7.11 Å². The molecule has 0 amide bonds. The minimum Gasteiger partial charge on any atom is -0.497 e. The number of rotatable bonds is 2. The van der Waals surface area contributed by atoms with Crippen LogP contribution in [0.3, 0.4) is 0 Å². The largest absolute Gasteiger partial charge is 0.497 e. The van der Waals surface area contributed by atoms with E-state index in [1.807, 2.05) is 47.8 Å². The van der Waals surface area contributed by atoms with Gasteiger partial charge in [0, 0.05) is 10.9 Å². The van der Waals surface area contributed by atoms with Gasteiger partial charge in [-0.2, -0.15) is 0 Å². The van der Waals surface area contributed by atoms with Gasteiger partial charge >= 0.3 is 0 Å². The Bertz CT molecular complexity index is 704. The number of methoxy groups -OCH3 is 1. The highest BCUT2D eigenvalue weighted by Gasteiger charge is 2.13. The molecule has 0 fully saturated rings. The van der Waals surface area contributed by atoms with Crippen molar-refractivity contribution in [2.45, 2.75) is 0 Å². The molecule has 0 radical (unpaired) electrons. The van der Waals surface area contributed by atoms with Gasteiger partial charge in [0.05, 0.1) is 12.8 Å². The third-order valence-electron chi connectivity index (χ3n) is 2.94. The maximum atomic E-state index is 5.72. The van der Waals surface area contributed by atoms with E-state index >= 15 is 0 Å². The minimum atomic E-state index is 0.592. The van der Waals surface area contributed by atoms with Crippen LogP contribution >= 0.6 is 22.9 Å². The molecule has 0 unspecified atom stereocenters. The highest BCUT2D eigenvalue weighted by molar-refractivity contribution is 7.14. The van der Waals surface area contributed by atoms with Crippen molar-refractivity contribution in [3.8, 4) is 28.1 Å². The molecule has 2 aromatic rings. The number of aromatic nitrogens is 1. The lowest BCUT2D eigenvalue weighted by atomic mass is 10.2. The predicted molar refractivity (Wildman–Crippen MR) is 84.5 cm³/mol. The van der Waals surface area contributed by atoms with Gasteiger partial charge in [-0.3, -0.25) is 0 Å². The second kappa shape index (κ2) is 5.65. The standard InChI is InChI=1S/C9H6ClNS.C7H6O/c10-9-11-8(6-12-9)7-4-2-1-3-5-7;1-8-7-3-5-2-6(5)4-7/h1-6H;2-4H,1H3. The number of benzene rings is 2. The Balaban J connectivity index is 0.000000131. The Morgan fingerprint density at radius 3 is 2.20 bits per heavy atom. The van der Waals surface area contributed by atoms with Gasteiger partial charge in [-0.05, 0) is 29.3 Å². The zero-order valence-corrected chi connectivity index (χ0v) is 12.4. The molecule has 2 nitrogen and oxygen atoms in total. The summed E-state index contributed by atoms with van der Waals surface area (Å²) in [6, 6.07) is 16.2. The summed E-state index contributed by atoms with van der Waals surface area (Å²) in [7, 11) is 1.69. The first-order valence-corrected chi connectivity index (χ1v) is 7.38. The van der Waals surface area contributed by atoms with E-state index in [0.717, 1.165) is 17.0 Å². The van der Waals surface area contributed by atoms with Crippen molar-refractivity contribution in [1.82, 2.24) is 4.98 Å². The van der Waals surface area contributed by atoms with Crippen molar-refractivity contribution in [2.24, 2.45) is 0 Å². The summed E-state index contributed by atoms with van der Waals surface area (Å²) in [5.74, 6) is 0.984. The molecular formula is C16H12ClNOS. The highest BCUT2D eigenvalue weighted by Crippen LogP contribution is 2.39. The summed E-state index contributed by atoms with van der Waals surface area (Å²) in [5, 5.41) is 1.96. The van der Waals surface area contributed by atoms with Crippen LogP contribution in [0.4, 0.5) is 0 Å². The molecule has 4 heteroatoms. The Kier molecular flexibility index (Phi) is 3.72. The molecule has 1 aromatic carbocycles. The zero-order valence-electron chi connectivity index (χ0n) is 10.8. The topological polar surface area (TPSA) is 22.1 Å². The number of thiazole rings is 1. The maximum Gasteiger partial charge on any atom is 0.184 e. The zero-order chi connectivity index (χ0) is 13.9. The first-order valence-electron chi connectivity index (χ1n) is 6.12. The lowest BCUT2D eigenvalue weighted by molar-refractivity contribution is 0.416. The van der Waals surface area contributed by atoms with Gasteiger partial charge in [0.2, 0.25) is 0 Å². The Hall–Kier alpha value is -1.84. The first-order chi connectivity index (χ1) is 9.76. The second-order valence-corrected chi connectivity index (χ2v) is 5.74. The lowest BCUT2D eigenvalue weighted by Crippen LogP contribution is -1.75. The smallest absolute Gasteiger partial charge is 0.184 e. The molecule has 0 saturated carbocycles. The quantitative estimate of drug-likeness (QED) is 0.511. The molecule has 0 bridgehead atoms. The lowest BCUT2D eigenvalue weighted by Gasteiger charge is -1.92. The van der Waals surface area contributed by atoms with Gasteiger partial charge < -0.3 is 4.74 Å². The molecular weight excluding hydrogens is 290 g/mol. The average molecular weight is 302 g/mol. The molecule has 0 aliphatic heterocycles. The second-order valence-electron chi connectivity index (χ2n) is 4.30. The van der Waals surface area contributed by atoms with Crippen LogP contribution in [0, 0.1) is 0 Å². The molecule has 0 spiro atoms. The van der Waals surface area contributed by atoms with Crippen LogP contribution in [0.1, 0.15) is 0 Å². The fourth-order valence-corrected chi connectivity index (χ4v) is 2.61. The number of ether oxygens (including phenoxy) is 1. The van der Waals surface area contributed by atoms with Crippen LogP contribution in [-0.4, -0.2) is 12.1 Å².